The summed E-state index contributed by atoms with van der Waals surface area (Å²) in [6, 6.07) is 67.5. The van der Waals surface area contributed by atoms with Gasteiger partial charge in [-0.15, -0.1) is 0 Å². The van der Waals surface area contributed by atoms with E-state index in [1.54, 1.807) is 6.92 Å². The molecule has 3 aromatic heterocycles. The minimum absolute atomic E-state index is 0.358. The predicted octanol–water partition coefficient (Wildman–Crippen LogP) is 15.2. The highest BCUT2D eigenvalue weighted by Crippen LogP contribution is 2.44. The highest BCUT2D eigenvalue weighted by Gasteiger charge is 2.31. The van der Waals surface area contributed by atoms with Gasteiger partial charge in [0.2, 0.25) is 0 Å². The summed E-state index contributed by atoms with van der Waals surface area (Å²) in [6.07, 6.45) is -4.48. The summed E-state index contributed by atoms with van der Waals surface area (Å²) < 4.78 is 43.9. The van der Waals surface area contributed by atoms with Gasteiger partial charge in [-0.2, -0.15) is 18.4 Å². The molecular formula is C59H37F3N6. The van der Waals surface area contributed by atoms with Crippen LogP contribution >= 0.6 is 0 Å². The Morgan fingerprint density at radius 1 is 0.426 bits per heavy atom. The zero-order chi connectivity index (χ0) is 46.4. The van der Waals surface area contributed by atoms with Gasteiger partial charge in [-0.05, 0) is 72.1 Å². The summed E-state index contributed by atoms with van der Waals surface area (Å²) in [6.45, 7) is 1.70. The molecule has 0 atom stereocenters. The largest absolute Gasteiger partial charge is 0.416 e. The highest BCUT2D eigenvalue weighted by atomic mass is 19.4. The smallest absolute Gasteiger partial charge is 0.308 e. The maximum absolute atomic E-state index is 13.9. The fourth-order valence-electron chi connectivity index (χ4n) is 8.99. The Morgan fingerprint density at radius 2 is 0.926 bits per heavy atom. The van der Waals surface area contributed by atoms with Gasteiger partial charge in [-0.3, -0.25) is 0 Å². The molecule has 0 fully saturated rings. The summed E-state index contributed by atoms with van der Waals surface area (Å²) in [5.74, 6) is 0.868. The van der Waals surface area contributed by atoms with Crippen molar-refractivity contribution in [2.45, 2.75) is 13.1 Å². The predicted molar refractivity (Wildman–Crippen MR) is 264 cm³/mol. The minimum Gasteiger partial charge on any atom is -0.308 e. The number of hydrogen-bond acceptors (Lipinski definition) is 5. The van der Waals surface area contributed by atoms with Crippen LogP contribution in [0.5, 0.6) is 0 Å². The van der Waals surface area contributed by atoms with E-state index in [1.165, 1.54) is 12.1 Å². The molecule has 0 saturated heterocycles. The molecule has 0 radical (unpaired) electrons. The molecule has 324 valence electrons. The van der Waals surface area contributed by atoms with Gasteiger partial charge >= 0.3 is 6.18 Å². The lowest BCUT2D eigenvalue weighted by atomic mass is 9.96. The first kappa shape index (κ1) is 41.7. The van der Waals surface area contributed by atoms with Crippen molar-refractivity contribution in [1.82, 2.24) is 24.5 Å². The van der Waals surface area contributed by atoms with Crippen LogP contribution in [0.25, 0.3) is 106 Å². The number of aryl methyl sites for hydroxylation is 1. The molecule has 0 N–H and O–H groups in total. The first-order valence-corrected chi connectivity index (χ1v) is 22.0. The summed E-state index contributed by atoms with van der Waals surface area (Å²) in [5, 5.41) is 12.8. The van der Waals surface area contributed by atoms with Gasteiger partial charge in [0.1, 0.15) is 0 Å². The number of nitrogens with zero attached hydrogens (tertiary/aromatic N) is 6. The molecule has 0 saturated carbocycles. The van der Waals surface area contributed by atoms with Crippen LogP contribution in [0.3, 0.4) is 0 Å². The van der Waals surface area contributed by atoms with Crippen molar-refractivity contribution in [3.05, 3.63) is 223 Å². The molecule has 6 nitrogen and oxygen atoms in total. The quantitative estimate of drug-likeness (QED) is 0.152. The van der Waals surface area contributed by atoms with Crippen molar-refractivity contribution >= 4 is 21.8 Å². The SMILES string of the molecule is Cc1cc(C(F)(F)F)ccc1-c1ccc2c3ccccc3n(-c3c(-c4cc(-c5ccccc5)nc(-c5ccccc5)n4)cc(C#N)cc3-c3nc(-c4ccccc4)cc(-c4ccccc4)n3)c2c1. The highest BCUT2D eigenvalue weighted by molar-refractivity contribution is 6.11. The number of rotatable bonds is 8. The average molecular weight is 887 g/mol. The van der Waals surface area contributed by atoms with E-state index in [0.717, 1.165) is 55.7 Å². The molecule has 11 rings (SSSR count). The molecule has 9 heteroatoms. The third kappa shape index (κ3) is 7.74. The fraction of sp³-hybridized carbons (Fsp3) is 0.0339. The van der Waals surface area contributed by atoms with E-state index in [1.807, 2.05) is 182 Å². The molecule has 0 spiro atoms. The number of benzene rings is 8. The lowest BCUT2D eigenvalue weighted by Gasteiger charge is -2.20. The monoisotopic (exact) mass is 886 g/mol. The summed E-state index contributed by atoms with van der Waals surface area (Å²) in [5.41, 5.74) is 11.1. The fourth-order valence-corrected chi connectivity index (χ4v) is 8.99. The lowest BCUT2D eigenvalue weighted by molar-refractivity contribution is -0.137. The number of para-hydroxylation sites is 1. The van der Waals surface area contributed by atoms with Crippen molar-refractivity contribution < 1.29 is 13.2 Å². The van der Waals surface area contributed by atoms with E-state index in [4.69, 9.17) is 19.9 Å². The third-order valence-corrected chi connectivity index (χ3v) is 12.2. The lowest BCUT2D eigenvalue weighted by Crippen LogP contribution is -2.06. The first-order chi connectivity index (χ1) is 33.2. The second-order valence-corrected chi connectivity index (χ2v) is 16.5. The molecule has 8 aromatic carbocycles. The van der Waals surface area contributed by atoms with Crippen LogP contribution in [0.15, 0.2) is 206 Å². The van der Waals surface area contributed by atoms with E-state index in [2.05, 4.69) is 16.7 Å². The Morgan fingerprint density at radius 3 is 1.50 bits per heavy atom. The van der Waals surface area contributed by atoms with Crippen LogP contribution in [0.4, 0.5) is 13.2 Å². The van der Waals surface area contributed by atoms with Gasteiger partial charge < -0.3 is 4.57 Å². The number of fused-ring (bicyclic) bond motifs is 3. The van der Waals surface area contributed by atoms with Gasteiger partial charge in [0.15, 0.2) is 11.6 Å². The Kier molecular flexibility index (Phi) is 10.5. The molecule has 68 heavy (non-hydrogen) atoms. The second kappa shape index (κ2) is 17.1. The summed E-state index contributed by atoms with van der Waals surface area (Å²) in [7, 11) is 0. The zero-order valence-corrected chi connectivity index (χ0v) is 36.4. The van der Waals surface area contributed by atoms with Crippen molar-refractivity contribution in [3.8, 4) is 90.7 Å². The topological polar surface area (TPSA) is 80.3 Å². The first-order valence-electron chi connectivity index (χ1n) is 22.0. The maximum Gasteiger partial charge on any atom is 0.416 e. The molecule has 0 aliphatic carbocycles. The van der Waals surface area contributed by atoms with Crippen LogP contribution in [0, 0.1) is 18.3 Å². The molecule has 0 amide bonds. The van der Waals surface area contributed by atoms with Crippen LogP contribution in [0.1, 0.15) is 16.7 Å². The molecule has 0 aliphatic rings. The van der Waals surface area contributed by atoms with Gasteiger partial charge in [0.25, 0.3) is 0 Å². The number of halogens is 3. The number of aromatic nitrogens is 5. The van der Waals surface area contributed by atoms with Crippen molar-refractivity contribution in [2.75, 3.05) is 0 Å². The van der Waals surface area contributed by atoms with Gasteiger partial charge in [0.05, 0.1) is 56.7 Å². The molecule has 3 heterocycles. The van der Waals surface area contributed by atoms with Crippen LogP contribution < -0.4 is 0 Å². The Balaban J connectivity index is 1.28. The standard InChI is InChI=1S/C59H37F3N6/c1-37-30-44(59(60,61)62)27-29-45(37)43-26-28-47-46-24-14-15-25-54(46)68(55(47)33-43)56-48(53-35-52(41-20-10-4-11-21-41)64-57(67-53)42-22-12-5-13-23-42)31-38(36-63)32-49(56)58-65-50(39-16-6-2-7-17-39)34-51(66-58)40-18-8-3-9-19-40/h2-35H,1H3. The van der Waals surface area contributed by atoms with E-state index in [9.17, 15) is 18.4 Å². The van der Waals surface area contributed by atoms with Gasteiger partial charge in [-0.25, -0.2) is 19.9 Å². The Hall–Kier alpha value is -9.00. The van der Waals surface area contributed by atoms with Gasteiger partial charge in [-0.1, -0.05) is 158 Å². The van der Waals surface area contributed by atoms with Crippen molar-refractivity contribution in [3.63, 3.8) is 0 Å². The molecular weight excluding hydrogens is 850 g/mol. The third-order valence-electron chi connectivity index (χ3n) is 12.2. The minimum atomic E-state index is -4.48. The number of nitriles is 1. The van der Waals surface area contributed by atoms with Crippen LogP contribution in [-0.4, -0.2) is 24.5 Å². The van der Waals surface area contributed by atoms with Crippen molar-refractivity contribution in [2.24, 2.45) is 0 Å². The zero-order valence-electron chi connectivity index (χ0n) is 36.4. The second-order valence-electron chi connectivity index (χ2n) is 16.5. The maximum atomic E-state index is 13.9. The van der Waals surface area contributed by atoms with E-state index in [-0.39, 0.29) is 0 Å². The van der Waals surface area contributed by atoms with Crippen LogP contribution in [0.2, 0.25) is 0 Å². The summed E-state index contributed by atoms with van der Waals surface area (Å²) >= 11 is 0. The van der Waals surface area contributed by atoms with Crippen LogP contribution in [-0.2, 0) is 6.18 Å². The molecule has 0 bridgehead atoms. The molecule has 11 aromatic rings. The number of hydrogen-bond donors (Lipinski definition) is 0. The Labute approximate surface area is 390 Å². The Bertz CT molecular complexity index is 3470. The van der Waals surface area contributed by atoms with Gasteiger partial charge in [0, 0.05) is 44.2 Å². The van der Waals surface area contributed by atoms with E-state index >= 15 is 0 Å². The summed E-state index contributed by atoms with van der Waals surface area (Å²) in [4.78, 5) is 21.0. The number of alkyl halides is 3. The van der Waals surface area contributed by atoms with E-state index in [0.29, 0.717) is 67.9 Å². The molecule has 0 aliphatic heterocycles. The van der Waals surface area contributed by atoms with Crippen molar-refractivity contribution in [1.29, 1.82) is 5.26 Å². The molecule has 0 unspecified atom stereocenters. The van der Waals surface area contributed by atoms with E-state index < -0.39 is 11.7 Å². The average Bonchev–Trinajstić information content (AvgIpc) is 3.72. The normalized spacial score (nSPS) is 11.5.